The van der Waals surface area contributed by atoms with E-state index in [4.69, 9.17) is 45.6 Å². The molecule has 0 aromatic rings. The standard InChI is InChI=1S/C3H7NO2S.CHCl3/c4-2(1-7)3(5)6;2-1(3)4/h2,7H,1,4H2,(H,5,6);1H. The molecule has 68 valence electrons. The smallest absolute Gasteiger partial charge is 0.321 e. The van der Waals surface area contributed by atoms with Crippen LogP contribution in [0.2, 0.25) is 0 Å². The van der Waals surface area contributed by atoms with E-state index in [0.717, 1.165) is 0 Å². The van der Waals surface area contributed by atoms with Gasteiger partial charge in [-0.25, -0.2) is 0 Å². The predicted octanol–water partition coefficient (Wildman–Crippen LogP) is 1.31. The first-order valence-corrected chi connectivity index (χ1v) is 4.37. The first-order chi connectivity index (χ1) is 4.91. The number of alkyl halides is 3. The van der Waals surface area contributed by atoms with Crippen LogP contribution in [0.3, 0.4) is 0 Å². The lowest BCUT2D eigenvalue weighted by Gasteiger charge is -1.96. The largest absolute Gasteiger partial charge is 0.480 e. The van der Waals surface area contributed by atoms with E-state index in [9.17, 15) is 4.79 Å². The number of carboxylic acid groups (broad SMARTS) is 1. The Balaban J connectivity index is 0. The van der Waals surface area contributed by atoms with Gasteiger partial charge in [0, 0.05) is 5.75 Å². The lowest BCUT2D eigenvalue weighted by atomic mass is 10.4. The normalized spacial score (nSPS) is 11.8. The van der Waals surface area contributed by atoms with E-state index in [1.807, 2.05) is 0 Å². The van der Waals surface area contributed by atoms with Crippen LogP contribution in [0.4, 0.5) is 0 Å². The Morgan fingerprint density at radius 3 is 1.82 bits per heavy atom. The number of thiol groups is 1. The van der Waals surface area contributed by atoms with Crippen molar-refractivity contribution in [1.29, 1.82) is 0 Å². The summed E-state index contributed by atoms with van der Waals surface area (Å²) in [7, 11) is 0. The van der Waals surface area contributed by atoms with Crippen molar-refractivity contribution in [2.24, 2.45) is 5.73 Å². The van der Waals surface area contributed by atoms with E-state index < -0.39 is 16.3 Å². The Bertz CT molecular complexity index is 111. The van der Waals surface area contributed by atoms with Gasteiger partial charge in [0.15, 0.2) is 4.30 Å². The minimum atomic E-state index is -1.00. The minimum absolute atomic E-state index is 0.190. The number of carbonyl (C=O) groups is 1. The summed E-state index contributed by atoms with van der Waals surface area (Å²) in [5.41, 5.74) is 4.94. The highest BCUT2D eigenvalue weighted by atomic mass is 35.6. The number of nitrogens with two attached hydrogens (primary N) is 1. The molecule has 0 saturated heterocycles. The maximum absolute atomic E-state index is 9.76. The van der Waals surface area contributed by atoms with Crippen molar-refractivity contribution in [2.75, 3.05) is 5.75 Å². The van der Waals surface area contributed by atoms with Crippen LogP contribution in [0, 0.1) is 0 Å². The second kappa shape index (κ2) is 8.74. The predicted molar refractivity (Wildman–Crippen MR) is 50.8 cm³/mol. The second-order valence-electron chi connectivity index (χ2n) is 1.37. The molecule has 0 aliphatic heterocycles. The molecule has 7 heteroatoms. The van der Waals surface area contributed by atoms with Crippen LogP contribution in [0.25, 0.3) is 0 Å². The van der Waals surface area contributed by atoms with Crippen LogP contribution in [0.5, 0.6) is 0 Å². The quantitative estimate of drug-likeness (QED) is 0.504. The molecule has 1 unspecified atom stereocenters. The Morgan fingerprint density at radius 2 is 1.82 bits per heavy atom. The molecular weight excluding hydrogens is 232 g/mol. The van der Waals surface area contributed by atoms with Crippen molar-refractivity contribution in [2.45, 2.75) is 10.3 Å². The molecule has 3 N–H and O–H groups in total. The van der Waals surface area contributed by atoms with Gasteiger partial charge >= 0.3 is 5.97 Å². The highest BCUT2D eigenvalue weighted by Crippen LogP contribution is 2.03. The van der Waals surface area contributed by atoms with Crippen LogP contribution >= 0.6 is 47.4 Å². The van der Waals surface area contributed by atoms with Gasteiger partial charge in [-0.05, 0) is 0 Å². The van der Waals surface area contributed by atoms with Gasteiger partial charge in [0.2, 0.25) is 0 Å². The summed E-state index contributed by atoms with van der Waals surface area (Å²) in [4.78, 5) is 9.76. The average molecular weight is 241 g/mol. The molecule has 3 nitrogen and oxygen atoms in total. The third-order valence-corrected chi connectivity index (χ3v) is 0.907. The summed E-state index contributed by atoms with van der Waals surface area (Å²) in [6, 6.07) is -0.816. The molecule has 0 aliphatic rings. The van der Waals surface area contributed by atoms with Gasteiger partial charge in [-0.1, -0.05) is 34.8 Å². The van der Waals surface area contributed by atoms with Crippen molar-refractivity contribution >= 4 is 53.4 Å². The molecule has 0 fully saturated rings. The van der Waals surface area contributed by atoms with Gasteiger partial charge in [-0.2, -0.15) is 12.6 Å². The number of carboxylic acids is 1. The van der Waals surface area contributed by atoms with Gasteiger partial charge < -0.3 is 10.8 Å². The van der Waals surface area contributed by atoms with Crippen molar-refractivity contribution in [3.63, 3.8) is 0 Å². The second-order valence-corrected chi connectivity index (χ2v) is 3.72. The van der Waals surface area contributed by atoms with Crippen LogP contribution in [-0.2, 0) is 4.79 Å². The van der Waals surface area contributed by atoms with Crippen LogP contribution in [0.1, 0.15) is 0 Å². The zero-order valence-electron chi connectivity index (χ0n) is 5.38. The third-order valence-electron chi connectivity index (χ3n) is 0.514. The third kappa shape index (κ3) is 18.0. The molecule has 0 amide bonds. The zero-order valence-corrected chi connectivity index (χ0v) is 8.54. The minimum Gasteiger partial charge on any atom is -0.480 e. The summed E-state index contributed by atoms with van der Waals surface area (Å²) >= 11 is 18.1. The van der Waals surface area contributed by atoms with Crippen molar-refractivity contribution in [3.05, 3.63) is 0 Å². The zero-order chi connectivity index (χ0) is 9.44. The van der Waals surface area contributed by atoms with E-state index in [0.29, 0.717) is 0 Å². The Morgan fingerprint density at radius 1 is 1.55 bits per heavy atom. The molecule has 0 radical (unpaired) electrons. The van der Waals surface area contributed by atoms with Crippen LogP contribution in [-0.4, -0.2) is 27.2 Å². The van der Waals surface area contributed by atoms with E-state index >= 15 is 0 Å². The fraction of sp³-hybridized carbons (Fsp3) is 0.750. The highest BCUT2D eigenvalue weighted by Gasteiger charge is 2.06. The molecule has 11 heavy (non-hydrogen) atoms. The molecule has 0 bridgehead atoms. The molecule has 0 aliphatic carbocycles. The van der Waals surface area contributed by atoms with Crippen molar-refractivity contribution in [3.8, 4) is 0 Å². The summed E-state index contributed by atoms with van der Waals surface area (Å²) in [5, 5.41) is 8.01. The average Bonchev–Trinajstić information content (AvgIpc) is 1.85. The fourth-order valence-corrected chi connectivity index (χ4v) is 0.234. The molecular formula is C4H8Cl3NO2S. The molecule has 0 saturated carbocycles. The molecule has 0 rings (SSSR count). The fourth-order valence-electron chi connectivity index (χ4n) is 0.0781. The van der Waals surface area contributed by atoms with E-state index in [-0.39, 0.29) is 5.75 Å². The molecule has 1 atom stereocenters. The van der Waals surface area contributed by atoms with E-state index in [2.05, 4.69) is 12.6 Å². The SMILES string of the molecule is ClC(Cl)Cl.NC(CS)C(=O)O. The van der Waals surface area contributed by atoms with Crippen molar-refractivity contribution in [1.82, 2.24) is 0 Å². The number of hydrogen-bond acceptors (Lipinski definition) is 3. The molecule has 0 aromatic carbocycles. The number of rotatable bonds is 2. The Kier molecular flexibility index (Phi) is 11.3. The summed E-state index contributed by atoms with van der Waals surface area (Å²) in [6.07, 6.45) is 0. The van der Waals surface area contributed by atoms with Gasteiger partial charge in [0.05, 0.1) is 0 Å². The summed E-state index contributed by atoms with van der Waals surface area (Å²) in [6.45, 7) is 0. The molecule has 0 heterocycles. The summed E-state index contributed by atoms with van der Waals surface area (Å²) < 4.78 is -0.750. The van der Waals surface area contributed by atoms with Crippen LogP contribution in [0.15, 0.2) is 0 Å². The summed E-state index contributed by atoms with van der Waals surface area (Å²) in [5.74, 6) is -0.815. The molecule has 0 spiro atoms. The maximum atomic E-state index is 9.76. The van der Waals surface area contributed by atoms with Gasteiger partial charge in [0.25, 0.3) is 0 Å². The lowest BCUT2D eigenvalue weighted by Crippen LogP contribution is -2.31. The van der Waals surface area contributed by atoms with Crippen molar-refractivity contribution < 1.29 is 9.90 Å². The van der Waals surface area contributed by atoms with Crippen LogP contribution < -0.4 is 5.73 Å². The first-order valence-electron chi connectivity index (χ1n) is 2.43. The number of hydrogen-bond donors (Lipinski definition) is 3. The van der Waals surface area contributed by atoms with E-state index in [1.165, 1.54) is 0 Å². The van der Waals surface area contributed by atoms with Gasteiger partial charge in [-0.15, -0.1) is 0 Å². The number of aliphatic carboxylic acids is 1. The topological polar surface area (TPSA) is 63.3 Å². The molecule has 0 aromatic heterocycles. The van der Waals surface area contributed by atoms with E-state index in [1.54, 1.807) is 0 Å². The Labute approximate surface area is 85.2 Å². The maximum Gasteiger partial charge on any atom is 0.321 e. The number of halogens is 3. The van der Waals surface area contributed by atoms with Gasteiger partial charge in [-0.3, -0.25) is 4.79 Å². The Hall–Kier alpha value is 0.650. The lowest BCUT2D eigenvalue weighted by molar-refractivity contribution is -0.137. The highest BCUT2D eigenvalue weighted by molar-refractivity contribution is 7.80. The monoisotopic (exact) mass is 239 g/mol. The first kappa shape index (κ1) is 14.2. The van der Waals surface area contributed by atoms with Gasteiger partial charge in [0.1, 0.15) is 6.04 Å².